The molecule has 1 aromatic heterocycles. The van der Waals surface area contributed by atoms with Crippen LogP contribution >= 0.6 is 11.8 Å². The fraction of sp³-hybridized carbons (Fsp3) is 0.591. The fourth-order valence-electron chi connectivity index (χ4n) is 4.53. The maximum absolute atomic E-state index is 12.5. The average Bonchev–Trinajstić information content (AvgIpc) is 3.29. The van der Waals surface area contributed by atoms with Crippen molar-refractivity contribution in [2.24, 2.45) is 0 Å². The Morgan fingerprint density at radius 3 is 2.53 bits per heavy atom. The zero-order valence-corrected chi connectivity index (χ0v) is 19.6. The number of hydrogen-bond acceptors (Lipinski definition) is 9. The molecule has 8 nitrogen and oxygen atoms in total. The van der Waals surface area contributed by atoms with Crippen LogP contribution < -0.4 is 9.47 Å². The summed E-state index contributed by atoms with van der Waals surface area (Å²) in [4.78, 5) is 20.8. The molecular weight excluding hydrogens is 473 g/mol. The van der Waals surface area contributed by atoms with E-state index in [0.29, 0.717) is 32.0 Å². The van der Waals surface area contributed by atoms with Crippen molar-refractivity contribution in [2.75, 3.05) is 44.3 Å². The molecule has 12 heteroatoms. The highest BCUT2D eigenvalue weighted by atomic mass is 32.2. The summed E-state index contributed by atoms with van der Waals surface area (Å²) < 4.78 is 52.4. The molecule has 2 aliphatic rings. The lowest BCUT2D eigenvalue weighted by Gasteiger charge is -2.44. The quantitative estimate of drug-likeness (QED) is 0.506. The SMILES string of the molecule is CCOc1noc(C2CC(c3ccc(OC(F)(F)F)cc3)CN(C(C=O)N3CCSCC3)C2)n1. The van der Waals surface area contributed by atoms with E-state index in [1.165, 1.54) is 12.1 Å². The minimum atomic E-state index is -4.74. The second kappa shape index (κ2) is 11.0. The van der Waals surface area contributed by atoms with Crippen molar-refractivity contribution in [3.05, 3.63) is 35.7 Å². The first kappa shape index (κ1) is 24.8. The molecule has 0 radical (unpaired) electrons. The number of aromatic nitrogens is 2. The summed E-state index contributed by atoms with van der Waals surface area (Å²) in [5.74, 6) is 1.88. The van der Waals surface area contributed by atoms with Gasteiger partial charge in [0.05, 0.1) is 12.5 Å². The number of alkyl halides is 3. The van der Waals surface area contributed by atoms with Crippen LogP contribution in [0.4, 0.5) is 13.2 Å². The Morgan fingerprint density at radius 1 is 1.18 bits per heavy atom. The number of nitrogens with zero attached hydrogens (tertiary/aromatic N) is 4. The van der Waals surface area contributed by atoms with E-state index in [2.05, 4.69) is 24.7 Å². The van der Waals surface area contributed by atoms with Gasteiger partial charge in [0, 0.05) is 37.7 Å². The Bertz CT molecular complexity index is 937. The van der Waals surface area contributed by atoms with Gasteiger partial charge in [-0.3, -0.25) is 9.80 Å². The lowest BCUT2D eigenvalue weighted by molar-refractivity contribution is -0.274. The van der Waals surface area contributed by atoms with Crippen LogP contribution in [-0.2, 0) is 4.79 Å². The van der Waals surface area contributed by atoms with E-state index in [-0.39, 0.29) is 23.6 Å². The Morgan fingerprint density at radius 2 is 1.88 bits per heavy atom. The molecule has 3 atom stereocenters. The lowest BCUT2D eigenvalue weighted by Crippen LogP contribution is -2.55. The number of aldehydes is 1. The van der Waals surface area contributed by atoms with Crippen molar-refractivity contribution in [1.82, 2.24) is 19.9 Å². The maximum Gasteiger partial charge on any atom is 0.573 e. The van der Waals surface area contributed by atoms with Gasteiger partial charge in [-0.1, -0.05) is 12.1 Å². The molecule has 0 spiro atoms. The minimum absolute atomic E-state index is 0.0530. The van der Waals surface area contributed by atoms with E-state index in [0.717, 1.165) is 36.4 Å². The zero-order valence-electron chi connectivity index (χ0n) is 18.7. The van der Waals surface area contributed by atoms with Crippen LogP contribution in [0.25, 0.3) is 0 Å². The number of halogens is 3. The molecule has 0 N–H and O–H groups in total. The molecule has 4 rings (SSSR count). The molecule has 1 aromatic carbocycles. The van der Waals surface area contributed by atoms with Crippen LogP contribution in [0.15, 0.2) is 28.8 Å². The summed E-state index contributed by atoms with van der Waals surface area (Å²) in [6.07, 6.45) is -3.53. The summed E-state index contributed by atoms with van der Waals surface area (Å²) >= 11 is 1.87. The third kappa shape index (κ3) is 6.22. The summed E-state index contributed by atoms with van der Waals surface area (Å²) in [6, 6.07) is 6.07. The zero-order chi connectivity index (χ0) is 24.1. The highest BCUT2D eigenvalue weighted by Gasteiger charge is 2.38. The number of hydrogen-bond donors (Lipinski definition) is 0. The number of piperidine rings is 1. The molecule has 0 aliphatic carbocycles. The van der Waals surface area contributed by atoms with Gasteiger partial charge < -0.3 is 18.8 Å². The van der Waals surface area contributed by atoms with E-state index < -0.39 is 12.5 Å². The molecule has 186 valence electrons. The standard InChI is InChI=1S/C22H27F3N4O4S/c1-2-31-21-26-20(33-27-21)17-11-16(15-3-5-18(6-4-15)32-22(23,24)25)12-29(13-17)19(14-30)28-7-9-34-10-8-28/h3-6,14,16-17,19H,2,7-13H2,1H3. The monoisotopic (exact) mass is 500 g/mol. The molecule has 0 saturated carbocycles. The second-order valence-corrected chi connectivity index (χ2v) is 9.47. The fourth-order valence-corrected chi connectivity index (χ4v) is 5.46. The molecule has 2 saturated heterocycles. The summed E-state index contributed by atoms with van der Waals surface area (Å²) in [5.41, 5.74) is 0.854. The third-order valence-electron chi connectivity index (χ3n) is 6.03. The Labute approximate surface area is 199 Å². The first-order valence-corrected chi connectivity index (χ1v) is 12.3. The topological polar surface area (TPSA) is 80.9 Å². The molecule has 3 unspecified atom stereocenters. The predicted molar refractivity (Wildman–Crippen MR) is 119 cm³/mol. The van der Waals surface area contributed by atoms with E-state index in [4.69, 9.17) is 9.26 Å². The Hall–Kier alpha value is -2.31. The van der Waals surface area contributed by atoms with Crippen molar-refractivity contribution in [3.8, 4) is 11.8 Å². The molecule has 0 bridgehead atoms. The van der Waals surface area contributed by atoms with Crippen molar-refractivity contribution in [1.29, 1.82) is 0 Å². The van der Waals surface area contributed by atoms with Crippen molar-refractivity contribution >= 4 is 18.0 Å². The summed E-state index contributed by atoms with van der Waals surface area (Å²) in [6.45, 7) is 5.00. The largest absolute Gasteiger partial charge is 0.573 e. The highest BCUT2D eigenvalue weighted by molar-refractivity contribution is 7.99. The van der Waals surface area contributed by atoms with Gasteiger partial charge in [-0.15, -0.1) is 13.2 Å². The smallest absolute Gasteiger partial charge is 0.462 e. The third-order valence-corrected chi connectivity index (χ3v) is 6.97. The Kier molecular flexibility index (Phi) is 7.99. The molecule has 3 heterocycles. The predicted octanol–water partition coefficient (Wildman–Crippen LogP) is 3.51. The van der Waals surface area contributed by atoms with Crippen LogP contribution in [0.5, 0.6) is 11.8 Å². The van der Waals surface area contributed by atoms with Gasteiger partial charge in [0.1, 0.15) is 11.9 Å². The molecule has 0 amide bonds. The number of ether oxygens (including phenoxy) is 2. The van der Waals surface area contributed by atoms with Crippen LogP contribution in [0, 0.1) is 0 Å². The number of carbonyl (C=O) groups is 1. The van der Waals surface area contributed by atoms with Gasteiger partial charge in [-0.25, -0.2) is 0 Å². The van der Waals surface area contributed by atoms with Crippen molar-refractivity contribution < 1.29 is 32.0 Å². The summed E-state index contributed by atoms with van der Waals surface area (Å²) in [5, 5.41) is 3.87. The maximum atomic E-state index is 12.5. The lowest BCUT2D eigenvalue weighted by atomic mass is 9.84. The Balaban J connectivity index is 1.57. The number of thioether (sulfide) groups is 1. The molecular formula is C22H27F3N4O4S. The summed E-state index contributed by atoms with van der Waals surface area (Å²) in [7, 11) is 0. The van der Waals surface area contributed by atoms with E-state index >= 15 is 0 Å². The number of rotatable bonds is 8. The average molecular weight is 501 g/mol. The van der Waals surface area contributed by atoms with Gasteiger partial charge in [0.15, 0.2) is 6.29 Å². The van der Waals surface area contributed by atoms with Gasteiger partial charge in [-0.05, 0) is 42.1 Å². The number of carbonyl (C=O) groups excluding carboxylic acids is 1. The minimum Gasteiger partial charge on any atom is -0.462 e. The molecule has 34 heavy (non-hydrogen) atoms. The van der Waals surface area contributed by atoms with Gasteiger partial charge >= 0.3 is 12.4 Å². The van der Waals surface area contributed by atoms with Gasteiger partial charge in [-0.2, -0.15) is 16.7 Å². The van der Waals surface area contributed by atoms with E-state index in [1.807, 2.05) is 18.7 Å². The van der Waals surface area contributed by atoms with Crippen molar-refractivity contribution in [3.63, 3.8) is 0 Å². The molecule has 2 aromatic rings. The second-order valence-electron chi connectivity index (χ2n) is 8.25. The van der Waals surface area contributed by atoms with Crippen LogP contribution in [0.2, 0.25) is 0 Å². The molecule has 2 fully saturated rings. The first-order chi connectivity index (χ1) is 16.4. The van der Waals surface area contributed by atoms with Gasteiger partial charge in [0.25, 0.3) is 0 Å². The van der Waals surface area contributed by atoms with Crippen LogP contribution in [0.3, 0.4) is 0 Å². The van der Waals surface area contributed by atoms with E-state index in [9.17, 15) is 18.0 Å². The van der Waals surface area contributed by atoms with Crippen LogP contribution in [-0.4, -0.2) is 83.0 Å². The van der Waals surface area contributed by atoms with Crippen molar-refractivity contribution in [2.45, 2.75) is 37.7 Å². The first-order valence-electron chi connectivity index (χ1n) is 11.2. The normalized spacial score (nSPS) is 23.4. The number of benzene rings is 1. The van der Waals surface area contributed by atoms with Gasteiger partial charge in [0.2, 0.25) is 5.89 Å². The van der Waals surface area contributed by atoms with E-state index in [1.54, 1.807) is 12.1 Å². The van der Waals surface area contributed by atoms with Crippen LogP contribution in [0.1, 0.15) is 36.6 Å². The molecule has 2 aliphatic heterocycles. The number of likely N-dealkylation sites (tertiary alicyclic amines) is 1. The highest BCUT2D eigenvalue weighted by Crippen LogP contribution is 2.37.